The van der Waals surface area contributed by atoms with Crippen molar-refractivity contribution < 1.29 is 14.3 Å². The van der Waals surface area contributed by atoms with Crippen molar-refractivity contribution in [1.29, 1.82) is 0 Å². The van der Waals surface area contributed by atoms with Gasteiger partial charge in [0.2, 0.25) is 0 Å². The van der Waals surface area contributed by atoms with E-state index in [-0.39, 0.29) is 18.8 Å². The second-order valence-electron chi connectivity index (χ2n) is 3.83. The fourth-order valence-electron chi connectivity index (χ4n) is 1.72. The van der Waals surface area contributed by atoms with Crippen molar-refractivity contribution in [2.24, 2.45) is 0 Å². The zero-order valence-corrected chi connectivity index (χ0v) is 9.45. The summed E-state index contributed by atoms with van der Waals surface area (Å²) >= 11 is 5.81. The number of carbonyl (C=O) groups excluding carboxylic acids is 2. The van der Waals surface area contributed by atoms with Gasteiger partial charge in [-0.1, -0.05) is 17.7 Å². The van der Waals surface area contributed by atoms with Gasteiger partial charge in [-0.05, 0) is 18.1 Å². The molecule has 0 N–H and O–H groups in total. The summed E-state index contributed by atoms with van der Waals surface area (Å²) in [6.07, 6.45) is 2.04. The molecule has 0 bridgehead atoms. The van der Waals surface area contributed by atoms with Gasteiger partial charge in [0, 0.05) is 12.1 Å². The summed E-state index contributed by atoms with van der Waals surface area (Å²) in [4.78, 5) is 26.2. The molecule has 1 aliphatic rings. The summed E-state index contributed by atoms with van der Waals surface area (Å²) in [6.45, 7) is 1.84. The van der Waals surface area contributed by atoms with E-state index in [4.69, 9.17) is 11.6 Å². The summed E-state index contributed by atoms with van der Waals surface area (Å²) in [7, 11) is 0. The molecule has 1 saturated heterocycles. The van der Waals surface area contributed by atoms with Crippen LogP contribution in [0, 0.1) is 6.92 Å². The predicted octanol–water partition coefficient (Wildman–Crippen LogP) is 1.99. The van der Waals surface area contributed by atoms with E-state index in [1.54, 1.807) is 6.20 Å². The average Bonchev–Trinajstić information content (AvgIpc) is 2.20. The van der Waals surface area contributed by atoms with E-state index < -0.39 is 11.9 Å². The third-order valence-electron chi connectivity index (χ3n) is 2.56. The van der Waals surface area contributed by atoms with Crippen molar-refractivity contribution in [3.05, 3.63) is 28.5 Å². The molecule has 1 aromatic heterocycles. The van der Waals surface area contributed by atoms with Crippen molar-refractivity contribution in [3.63, 3.8) is 0 Å². The molecule has 2 rings (SSSR count). The third kappa shape index (κ3) is 2.22. The number of ether oxygens (including phenoxy) is 1. The highest BCUT2D eigenvalue weighted by atomic mass is 35.5. The number of hydrogen-bond acceptors (Lipinski definition) is 4. The Balaban J connectivity index is 2.26. The third-order valence-corrected chi connectivity index (χ3v) is 2.96. The summed E-state index contributed by atoms with van der Waals surface area (Å²) in [6, 6.07) is 1.85. The van der Waals surface area contributed by atoms with Crippen LogP contribution in [0.1, 0.15) is 29.9 Å². The van der Waals surface area contributed by atoms with Gasteiger partial charge in [0.25, 0.3) is 0 Å². The zero-order chi connectivity index (χ0) is 11.7. The largest absolute Gasteiger partial charge is 0.393 e. The topological polar surface area (TPSA) is 56.3 Å². The molecule has 0 aromatic carbocycles. The molecule has 0 saturated carbocycles. The molecule has 1 aromatic rings. The van der Waals surface area contributed by atoms with Crippen LogP contribution in [0.5, 0.6) is 0 Å². The second kappa shape index (κ2) is 4.22. The van der Waals surface area contributed by atoms with Crippen molar-refractivity contribution in [2.75, 3.05) is 0 Å². The van der Waals surface area contributed by atoms with E-state index in [0.29, 0.717) is 5.15 Å². The molecule has 0 unspecified atom stereocenters. The average molecular weight is 240 g/mol. The summed E-state index contributed by atoms with van der Waals surface area (Å²) in [5.74, 6) is -1.10. The highest BCUT2D eigenvalue weighted by Gasteiger charge is 2.28. The van der Waals surface area contributed by atoms with E-state index in [9.17, 15) is 9.59 Å². The Kier molecular flexibility index (Phi) is 2.92. The molecular formula is C11H10ClNO3. The number of aromatic nitrogens is 1. The molecule has 0 aliphatic carbocycles. The lowest BCUT2D eigenvalue weighted by atomic mass is 9.92. The van der Waals surface area contributed by atoms with Crippen LogP contribution in [0.2, 0.25) is 5.15 Å². The lowest BCUT2D eigenvalue weighted by molar-refractivity contribution is -0.163. The maximum absolute atomic E-state index is 11.1. The fourth-order valence-corrected chi connectivity index (χ4v) is 1.83. The van der Waals surface area contributed by atoms with Crippen LogP contribution in [0.3, 0.4) is 0 Å². The Morgan fingerprint density at radius 3 is 2.56 bits per heavy atom. The molecule has 84 valence electrons. The first-order valence-corrected chi connectivity index (χ1v) is 5.29. The van der Waals surface area contributed by atoms with Crippen molar-refractivity contribution >= 4 is 23.5 Å². The Bertz CT molecular complexity index is 443. The van der Waals surface area contributed by atoms with E-state index in [2.05, 4.69) is 9.72 Å². The van der Waals surface area contributed by atoms with Gasteiger partial charge >= 0.3 is 11.9 Å². The van der Waals surface area contributed by atoms with E-state index in [0.717, 1.165) is 11.1 Å². The van der Waals surface area contributed by atoms with Crippen LogP contribution in [0.15, 0.2) is 12.3 Å². The predicted molar refractivity (Wildman–Crippen MR) is 57.1 cm³/mol. The minimum absolute atomic E-state index is 0.141. The van der Waals surface area contributed by atoms with E-state index in [1.807, 2.05) is 13.0 Å². The van der Waals surface area contributed by atoms with E-state index >= 15 is 0 Å². The van der Waals surface area contributed by atoms with Crippen LogP contribution in [-0.4, -0.2) is 16.9 Å². The number of rotatable bonds is 1. The summed E-state index contributed by atoms with van der Waals surface area (Å²) in [5.41, 5.74) is 1.69. The standard InChI is InChI=1S/C11H10ClNO3/c1-6-2-8(5-13-11(6)12)7-3-9(14)16-10(15)4-7/h2,5,7H,3-4H2,1H3. The molecule has 16 heavy (non-hydrogen) atoms. The van der Waals surface area contributed by atoms with Crippen molar-refractivity contribution in [3.8, 4) is 0 Å². The van der Waals surface area contributed by atoms with Crippen LogP contribution >= 0.6 is 11.6 Å². The molecule has 5 heteroatoms. The maximum atomic E-state index is 11.1. The van der Waals surface area contributed by atoms with Gasteiger partial charge in [-0.3, -0.25) is 9.59 Å². The number of carbonyl (C=O) groups is 2. The zero-order valence-electron chi connectivity index (χ0n) is 8.70. The first kappa shape index (κ1) is 11.1. The highest BCUT2D eigenvalue weighted by molar-refractivity contribution is 6.30. The van der Waals surface area contributed by atoms with Gasteiger partial charge in [-0.15, -0.1) is 0 Å². The van der Waals surface area contributed by atoms with Crippen molar-refractivity contribution in [2.45, 2.75) is 25.7 Å². The Hall–Kier alpha value is -1.42. The number of nitrogens with zero attached hydrogens (tertiary/aromatic N) is 1. The number of halogens is 1. The Morgan fingerprint density at radius 2 is 2.00 bits per heavy atom. The van der Waals surface area contributed by atoms with Gasteiger partial charge in [0.05, 0.1) is 12.8 Å². The molecule has 0 atom stereocenters. The van der Waals surface area contributed by atoms with Gasteiger partial charge in [-0.2, -0.15) is 0 Å². The Morgan fingerprint density at radius 1 is 1.38 bits per heavy atom. The molecule has 1 fully saturated rings. The van der Waals surface area contributed by atoms with Gasteiger partial charge in [0.1, 0.15) is 5.15 Å². The molecule has 0 amide bonds. The molecule has 4 nitrogen and oxygen atoms in total. The minimum Gasteiger partial charge on any atom is -0.393 e. The highest BCUT2D eigenvalue weighted by Crippen LogP contribution is 2.29. The fraction of sp³-hybridized carbons (Fsp3) is 0.364. The molecule has 2 heterocycles. The van der Waals surface area contributed by atoms with Crippen molar-refractivity contribution in [1.82, 2.24) is 4.98 Å². The summed E-state index contributed by atoms with van der Waals surface area (Å²) in [5, 5.41) is 0.438. The van der Waals surface area contributed by atoms with Crippen LogP contribution in [0.4, 0.5) is 0 Å². The molecule has 1 aliphatic heterocycles. The quantitative estimate of drug-likeness (QED) is 0.427. The van der Waals surface area contributed by atoms with Gasteiger partial charge in [0.15, 0.2) is 0 Å². The second-order valence-corrected chi connectivity index (χ2v) is 4.19. The number of esters is 2. The first-order chi connectivity index (χ1) is 7.56. The number of pyridine rings is 1. The van der Waals surface area contributed by atoms with Crippen LogP contribution in [0.25, 0.3) is 0 Å². The lowest BCUT2D eigenvalue weighted by Gasteiger charge is -2.20. The molecular weight excluding hydrogens is 230 g/mol. The first-order valence-electron chi connectivity index (χ1n) is 4.92. The summed E-state index contributed by atoms with van der Waals surface area (Å²) < 4.78 is 4.47. The number of hydrogen-bond donors (Lipinski definition) is 0. The molecule has 0 spiro atoms. The monoisotopic (exact) mass is 239 g/mol. The van der Waals surface area contributed by atoms with Crippen LogP contribution in [-0.2, 0) is 14.3 Å². The molecule has 0 radical (unpaired) electrons. The minimum atomic E-state index is -0.478. The normalized spacial score (nSPS) is 17.4. The lowest BCUT2D eigenvalue weighted by Crippen LogP contribution is -2.24. The maximum Gasteiger partial charge on any atom is 0.314 e. The smallest absolute Gasteiger partial charge is 0.314 e. The van der Waals surface area contributed by atoms with Gasteiger partial charge in [-0.25, -0.2) is 4.98 Å². The number of cyclic esters (lactones) is 2. The number of aryl methyl sites for hydroxylation is 1. The Labute approximate surface area is 97.6 Å². The van der Waals surface area contributed by atoms with Crippen LogP contribution < -0.4 is 0 Å². The van der Waals surface area contributed by atoms with Gasteiger partial charge < -0.3 is 4.74 Å². The van der Waals surface area contributed by atoms with E-state index in [1.165, 1.54) is 0 Å². The SMILES string of the molecule is Cc1cc(C2CC(=O)OC(=O)C2)cnc1Cl.